The minimum Gasteiger partial charge on any atom is -0.335 e. The molecule has 0 unspecified atom stereocenters. The number of aromatic nitrogens is 2. The van der Waals surface area contributed by atoms with Crippen molar-refractivity contribution < 1.29 is 4.79 Å². The van der Waals surface area contributed by atoms with Gasteiger partial charge in [-0.15, -0.1) is 0 Å². The molecule has 1 saturated carbocycles. The van der Waals surface area contributed by atoms with Crippen molar-refractivity contribution in [2.24, 2.45) is 7.05 Å². The second kappa shape index (κ2) is 3.99. The predicted octanol–water partition coefficient (Wildman–Crippen LogP) is 2.80. The van der Waals surface area contributed by atoms with Gasteiger partial charge in [0, 0.05) is 37.7 Å². The van der Waals surface area contributed by atoms with E-state index in [1.54, 1.807) is 0 Å². The first kappa shape index (κ1) is 10.5. The van der Waals surface area contributed by atoms with Gasteiger partial charge in [-0.2, -0.15) is 0 Å². The van der Waals surface area contributed by atoms with Crippen LogP contribution in [-0.2, 0) is 11.8 Å². The fourth-order valence-electron chi connectivity index (χ4n) is 2.82. The van der Waals surface area contributed by atoms with E-state index in [1.165, 1.54) is 10.9 Å². The molecule has 1 aliphatic carbocycles. The number of fused-ring (bicyclic) bond motifs is 1. The van der Waals surface area contributed by atoms with E-state index in [-0.39, 0.29) is 0 Å². The number of hydrogen-bond donors (Lipinski definition) is 0. The van der Waals surface area contributed by atoms with Crippen molar-refractivity contribution in [3.8, 4) is 0 Å². The third kappa shape index (κ3) is 1.75. The van der Waals surface area contributed by atoms with Crippen molar-refractivity contribution in [3.63, 3.8) is 0 Å². The highest BCUT2D eigenvalue weighted by molar-refractivity contribution is 5.83. The Balaban J connectivity index is 2.03. The lowest BCUT2D eigenvalue weighted by Crippen LogP contribution is -2.12. The van der Waals surface area contributed by atoms with Gasteiger partial charge in [-0.25, -0.2) is 4.98 Å². The maximum atomic E-state index is 11.3. The van der Waals surface area contributed by atoms with Crippen molar-refractivity contribution >= 4 is 16.8 Å². The molecule has 0 N–H and O–H groups in total. The molecule has 0 aromatic carbocycles. The van der Waals surface area contributed by atoms with Crippen LogP contribution < -0.4 is 0 Å². The van der Waals surface area contributed by atoms with Crippen LogP contribution in [0.25, 0.3) is 11.0 Å². The number of carbonyl (C=O) groups excluding carboxylic acids is 1. The van der Waals surface area contributed by atoms with E-state index >= 15 is 0 Å². The standard InChI is InChI=1S/C14H16N2O/c1-16-9-13(10-4-6-11(17)7-5-10)12-3-2-8-15-14(12)16/h2-3,8-10H,4-7H2,1H3. The molecule has 0 amide bonds. The average molecular weight is 228 g/mol. The van der Waals surface area contributed by atoms with Gasteiger partial charge in [0.2, 0.25) is 0 Å². The fraction of sp³-hybridized carbons (Fsp3) is 0.429. The molecule has 1 aliphatic rings. The van der Waals surface area contributed by atoms with E-state index in [0.717, 1.165) is 31.3 Å². The van der Waals surface area contributed by atoms with Crippen LogP contribution in [0.15, 0.2) is 24.5 Å². The smallest absolute Gasteiger partial charge is 0.139 e. The Bertz CT molecular complexity index is 561. The van der Waals surface area contributed by atoms with Crippen molar-refractivity contribution in [3.05, 3.63) is 30.1 Å². The summed E-state index contributed by atoms with van der Waals surface area (Å²) in [5.74, 6) is 0.945. The van der Waals surface area contributed by atoms with E-state index in [4.69, 9.17) is 0 Å². The minimum atomic E-state index is 0.416. The SMILES string of the molecule is Cn1cc(C2CCC(=O)CC2)c2cccnc21. The molecule has 2 heterocycles. The molecule has 3 heteroatoms. The van der Waals surface area contributed by atoms with Gasteiger partial charge in [-0.3, -0.25) is 4.79 Å². The highest BCUT2D eigenvalue weighted by Gasteiger charge is 2.23. The second-order valence-corrected chi connectivity index (χ2v) is 4.88. The molecule has 0 radical (unpaired) electrons. The summed E-state index contributed by atoms with van der Waals surface area (Å²) in [6.07, 6.45) is 7.47. The maximum Gasteiger partial charge on any atom is 0.139 e. The minimum absolute atomic E-state index is 0.416. The van der Waals surface area contributed by atoms with Crippen LogP contribution in [0.1, 0.15) is 37.2 Å². The van der Waals surface area contributed by atoms with E-state index in [9.17, 15) is 4.79 Å². The molecular weight excluding hydrogens is 212 g/mol. The first-order valence-electron chi connectivity index (χ1n) is 6.17. The highest BCUT2D eigenvalue weighted by atomic mass is 16.1. The van der Waals surface area contributed by atoms with Crippen molar-refractivity contribution in [1.29, 1.82) is 0 Å². The molecule has 3 nitrogen and oxygen atoms in total. The van der Waals surface area contributed by atoms with Gasteiger partial charge in [-0.1, -0.05) is 0 Å². The third-order valence-electron chi connectivity index (χ3n) is 3.75. The van der Waals surface area contributed by atoms with E-state index < -0.39 is 0 Å². The summed E-state index contributed by atoms with van der Waals surface area (Å²) in [6, 6.07) is 4.12. The first-order chi connectivity index (χ1) is 8.25. The van der Waals surface area contributed by atoms with Crippen LogP contribution in [0.3, 0.4) is 0 Å². The summed E-state index contributed by atoms with van der Waals surface area (Å²) in [5.41, 5.74) is 2.41. The van der Waals surface area contributed by atoms with Gasteiger partial charge in [0.1, 0.15) is 11.4 Å². The quantitative estimate of drug-likeness (QED) is 0.752. The van der Waals surface area contributed by atoms with Crippen LogP contribution in [0.4, 0.5) is 0 Å². The molecule has 17 heavy (non-hydrogen) atoms. The first-order valence-corrected chi connectivity index (χ1v) is 6.17. The highest BCUT2D eigenvalue weighted by Crippen LogP contribution is 2.35. The Morgan fingerprint density at radius 2 is 2.12 bits per heavy atom. The van der Waals surface area contributed by atoms with Gasteiger partial charge >= 0.3 is 0 Å². The Labute approximate surface area is 100 Å². The molecule has 0 saturated heterocycles. The number of nitrogens with zero attached hydrogens (tertiary/aromatic N) is 2. The summed E-state index contributed by atoms with van der Waals surface area (Å²) in [6.45, 7) is 0. The summed E-state index contributed by atoms with van der Waals surface area (Å²) >= 11 is 0. The number of pyridine rings is 1. The van der Waals surface area contributed by atoms with Crippen LogP contribution in [0.5, 0.6) is 0 Å². The van der Waals surface area contributed by atoms with Crippen LogP contribution in [-0.4, -0.2) is 15.3 Å². The number of rotatable bonds is 1. The fourth-order valence-corrected chi connectivity index (χ4v) is 2.82. The Kier molecular flexibility index (Phi) is 2.46. The normalized spacial score (nSPS) is 17.8. The largest absolute Gasteiger partial charge is 0.335 e. The molecule has 88 valence electrons. The molecule has 1 fully saturated rings. The number of aryl methyl sites for hydroxylation is 1. The van der Waals surface area contributed by atoms with Crippen molar-refractivity contribution in [1.82, 2.24) is 9.55 Å². The lowest BCUT2D eigenvalue weighted by Gasteiger charge is -2.20. The lowest BCUT2D eigenvalue weighted by molar-refractivity contribution is -0.120. The molecule has 0 spiro atoms. The summed E-state index contributed by atoms with van der Waals surface area (Å²) in [7, 11) is 2.03. The lowest BCUT2D eigenvalue weighted by atomic mass is 9.83. The Morgan fingerprint density at radius 3 is 2.88 bits per heavy atom. The zero-order valence-corrected chi connectivity index (χ0v) is 10.0. The number of carbonyl (C=O) groups is 1. The summed E-state index contributed by atoms with van der Waals surface area (Å²) in [4.78, 5) is 15.7. The van der Waals surface area contributed by atoms with E-state index in [1.807, 2.05) is 19.3 Å². The van der Waals surface area contributed by atoms with Crippen LogP contribution in [0, 0.1) is 0 Å². The summed E-state index contributed by atoms with van der Waals surface area (Å²) < 4.78 is 2.08. The van der Waals surface area contributed by atoms with Crippen molar-refractivity contribution in [2.45, 2.75) is 31.6 Å². The monoisotopic (exact) mass is 228 g/mol. The van der Waals surface area contributed by atoms with Gasteiger partial charge in [0.25, 0.3) is 0 Å². The second-order valence-electron chi connectivity index (χ2n) is 4.88. The molecule has 3 rings (SSSR count). The molecule has 2 aromatic rings. The van der Waals surface area contributed by atoms with Gasteiger partial charge in [0.05, 0.1) is 0 Å². The van der Waals surface area contributed by atoms with Crippen molar-refractivity contribution in [2.75, 3.05) is 0 Å². The zero-order chi connectivity index (χ0) is 11.8. The van der Waals surface area contributed by atoms with Gasteiger partial charge in [-0.05, 0) is 36.5 Å². The summed E-state index contributed by atoms with van der Waals surface area (Å²) in [5, 5.41) is 1.24. The number of Topliss-reactive ketones (excluding diaryl/α,β-unsaturated/α-hetero) is 1. The number of hydrogen-bond acceptors (Lipinski definition) is 2. The van der Waals surface area contributed by atoms with E-state index in [0.29, 0.717) is 11.7 Å². The predicted molar refractivity (Wildman–Crippen MR) is 66.9 cm³/mol. The molecule has 2 aromatic heterocycles. The van der Waals surface area contributed by atoms with Gasteiger partial charge < -0.3 is 4.57 Å². The molecule has 0 atom stereocenters. The number of ketones is 1. The topological polar surface area (TPSA) is 34.9 Å². The molecule has 0 bridgehead atoms. The zero-order valence-electron chi connectivity index (χ0n) is 10.0. The maximum absolute atomic E-state index is 11.3. The molecule has 0 aliphatic heterocycles. The third-order valence-corrected chi connectivity index (χ3v) is 3.75. The average Bonchev–Trinajstić information content (AvgIpc) is 2.69. The van der Waals surface area contributed by atoms with E-state index in [2.05, 4.69) is 21.8 Å². The Morgan fingerprint density at radius 1 is 1.35 bits per heavy atom. The van der Waals surface area contributed by atoms with Crippen LogP contribution >= 0.6 is 0 Å². The Hall–Kier alpha value is -1.64. The van der Waals surface area contributed by atoms with Crippen LogP contribution in [0.2, 0.25) is 0 Å². The molecular formula is C14H16N2O. The van der Waals surface area contributed by atoms with Gasteiger partial charge in [0.15, 0.2) is 0 Å².